The second-order valence-electron chi connectivity index (χ2n) is 8.23. The smallest absolute Gasteiger partial charge is 0.262 e. The second kappa shape index (κ2) is 7.56. The Morgan fingerprint density at radius 2 is 1.85 bits per heavy atom. The Morgan fingerprint density at radius 1 is 1.19 bits per heavy atom. The molecule has 0 spiro atoms. The van der Waals surface area contributed by atoms with Gasteiger partial charge in [-0.1, -0.05) is 58.9 Å². The minimum Gasteiger partial charge on any atom is -0.383 e. The summed E-state index contributed by atoms with van der Waals surface area (Å²) < 4.78 is 6.98. The average Bonchev–Trinajstić information content (AvgIpc) is 3.04. The van der Waals surface area contributed by atoms with Crippen molar-refractivity contribution in [3.63, 3.8) is 0 Å². The van der Waals surface area contributed by atoms with Crippen molar-refractivity contribution >= 4 is 21.6 Å². The summed E-state index contributed by atoms with van der Waals surface area (Å²) in [5, 5.41) is 2.76. The molecule has 3 rings (SSSR count). The van der Waals surface area contributed by atoms with E-state index in [4.69, 9.17) is 9.72 Å². The standard InChI is InChI=1S/C22H28N2O2S/c1-14(2)19-23-20-18(21(25)24(19)11-12-26-6)17(13-27-20)15-7-9-16(10-8-15)22(3,4)5/h7-10,13-14H,11-12H2,1-6H3. The summed E-state index contributed by atoms with van der Waals surface area (Å²) in [5.74, 6) is 0.997. The van der Waals surface area contributed by atoms with Crippen LogP contribution in [0.25, 0.3) is 21.3 Å². The molecule has 3 aromatic rings. The summed E-state index contributed by atoms with van der Waals surface area (Å²) in [7, 11) is 1.65. The van der Waals surface area contributed by atoms with Crippen LogP contribution in [0.5, 0.6) is 0 Å². The second-order valence-corrected chi connectivity index (χ2v) is 9.09. The normalized spacial score (nSPS) is 12.3. The van der Waals surface area contributed by atoms with Crippen LogP contribution in [-0.2, 0) is 16.7 Å². The van der Waals surface area contributed by atoms with E-state index < -0.39 is 0 Å². The Kier molecular flexibility index (Phi) is 5.54. The van der Waals surface area contributed by atoms with Crippen LogP contribution in [0.2, 0.25) is 0 Å². The Labute approximate surface area is 164 Å². The number of thiophene rings is 1. The Bertz CT molecular complexity index is 992. The first kappa shape index (κ1) is 19.8. The fourth-order valence-corrected chi connectivity index (χ4v) is 4.19. The van der Waals surface area contributed by atoms with Gasteiger partial charge in [0, 0.05) is 24.0 Å². The zero-order valence-electron chi connectivity index (χ0n) is 17.0. The molecule has 0 unspecified atom stereocenters. The van der Waals surface area contributed by atoms with Gasteiger partial charge in [0.15, 0.2) is 0 Å². The van der Waals surface area contributed by atoms with Crippen LogP contribution in [0.15, 0.2) is 34.4 Å². The van der Waals surface area contributed by atoms with Crippen LogP contribution in [0.1, 0.15) is 51.9 Å². The molecule has 4 nitrogen and oxygen atoms in total. The molecule has 2 heterocycles. The highest BCUT2D eigenvalue weighted by Crippen LogP contribution is 2.33. The van der Waals surface area contributed by atoms with Crippen LogP contribution in [0.4, 0.5) is 0 Å². The molecule has 144 valence electrons. The van der Waals surface area contributed by atoms with Gasteiger partial charge in [-0.2, -0.15) is 0 Å². The van der Waals surface area contributed by atoms with Crippen LogP contribution in [0.3, 0.4) is 0 Å². The molecule has 0 saturated carbocycles. The molecule has 0 saturated heterocycles. The molecule has 0 aliphatic heterocycles. The molecule has 27 heavy (non-hydrogen) atoms. The third-order valence-electron chi connectivity index (χ3n) is 4.82. The van der Waals surface area contributed by atoms with Crippen molar-refractivity contribution in [2.45, 2.75) is 52.5 Å². The quantitative estimate of drug-likeness (QED) is 0.608. The monoisotopic (exact) mass is 384 g/mol. The van der Waals surface area contributed by atoms with Gasteiger partial charge < -0.3 is 4.74 Å². The topological polar surface area (TPSA) is 44.1 Å². The Hall–Kier alpha value is -1.98. The van der Waals surface area contributed by atoms with Gasteiger partial charge >= 0.3 is 0 Å². The van der Waals surface area contributed by atoms with Crippen molar-refractivity contribution in [1.82, 2.24) is 9.55 Å². The SMILES string of the molecule is COCCn1c(C(C)C)nc2scc(-c3ccc(C(C)(C)C)cc3)c2c1=O. The highest BCUT2D eigenvalue weighted by atomic mass is 32.1. The lowest BCUT2D eigenvalue weighted by Crippen LogP contribution is -2.27. The molecule has 5 heteroatoms. The third-order valence-corrected chi connectivity index (χ3v) is 5.69. The molecule has 0 fully saturated rings. The number of ether oxygens (including phenoxy) is 1. The van der Waals surface area contributed by atoms with Crippen molar-refractivity contribution < 1.29 is 4.74 Å². The molecule has 0 radical (unpaired) electrons. The van der Waals surface area contributed by atoms with Gasteiger partial charge in [-0.3, -0.25) is 9.36 Å². The van der Waals surface area contributed by atoms with Crippen LogP contribution in [0, 0.1) is 0 Å². The predicted molar refractivity (Wildman–Crippen MR) is 114 cm³/mol. The van der Waals surface area contributed by atoms with Gasteiger partial charge in [0.25, 0.3) is 5.56 Å². The van der Waals surface area contributed by atoms with E-state index in [9.17, 15) is 4.79 Å². The maximum atomic E-state index is 13.3. The molecule has 0 aliphatic carbocycles. The summed E-state index contributed by atoms with van der Waals surface area (Å²) in [6.45, 7) is 11.7. The number of methoxy groups -OCH3 is 1. The van der Waals surface area contributed by atoms with E-state index in [2.05, 4.69) is 64.3 Å². The lowest BCUT2D eigenvalue weighted by molar-refractivity contribution is 0.184. The molecular formula is C22H28N2O2S. The number of nitrogens with zero attached hydrogens (tertiary/aromatic N) is 2. The number of aromatic nitrogens is 2. The average molecular weight is 385 g/mol. The molecular weight excluding hydrogens is 356 g/mol. The first-order valence-corrected chi connectivity index (χ1v) is 10.2. The lowest BCUT2D eigenvalue weighted by atomic mass is 9.86. The number of hydrogen-bond acceptors (Lipinski definition) is 4. The highest BCUT2D eigenvalue weighted by Gasteiger charge is 2.19. The maximum Gasteiger partial charge on any atom is 0.262 e. The first-order valence-electron chi connectivity index (χ1n) is 9.35. The molecule has 0 amide bonds. The molecule has 0 atom stereocenters. The zero-order valence-corrected chi connectivity index (χ0v) is 17.8. The largest absolute Gasteiger partial charge is 0.383 e. The zero-order chi connectivity index (χ0) is 19.8. The maximum absolute atomic E-state index is 13.3. The Morgan fingerprint density at radius 3 is 2.41 bits per heavy atom. The van der Waals surface area contributed by atoms with Crippen molar-refractivity contribution in [2.75, 3.05) is 13.7 Å². The third kappa shape index (κ3) is 3.85. The van der Waals surface area contributed by atoms with Gasteiger partial charge in [0.2, 0.25) is 0 Å². The Balaban J connectivity index is 2.17. The number of fused-ring (bicyclic) bond motifs is 1. The highest BCUT2D eigenvalue weighted by molar-refractivity contribution is 7.17. The fourth-order valence-electron chi connectivity index (χ4n) is 3.24. The fraction of sp³-hybridized carbons (Fsp3) is 0.455. The molecule has 0 N–H and O–H groups in total. The number of benzene rings is 1. The summed E-state index contributed by atoms with van der Waals surface area (Å²) in [5.41, 5.74) is 3.44. The van der Waals surface area contributed by atoms with E-state index >= 15 is 0 Å². The molecule has 0 bridgehead atoms. The van der Waals surface area contributed by atoms with Gasteiger partial charge in [-0.15, -0.1) is 11.3 Å². The minimum absolute atomic E-state index is 0.0249. The number of rotatable bonds is 5. The molecule has 0 aliphatic rings. The van der Waals surface area contributed by atoms with Crippen LogP contribution in [-0.4, -0.2) is 23.3 Å². The first-order chi connectivity index (χ1) is 12.7. The van der Waals surface area contributed by atoms with E-state index in [0.717, 1.165) is 21.8 Å². The van der Waals surface area contributed by atoms with Crippen molar-refractivity contribution in [3.05, 3.63) is 51.4 Å². The predicted octanol–water partition coefficient (Wildman–Crippen LogP) is 5.19. The van der Waals surface area contributed by atoms with E-state index in [1.165, 1.54) is 5.56 Å². The molecule has 1 aromatic carbocycles. The van der Waals surface area contributed by atoms with Crippen LogP contribution >= 0.6 is 11.3 Å². The summed E-state index contributed by atoms with van der Waals surface area (Å²) >= 11 is 1.54. The minimum atomic E-state index is 0.0249. The summed E-state index contributed by atoms with van der Waals surface area (Å²) in [6.07, 6.45) is 0. The lowest BCUT2D eigenvalue weighted by Gasteiger charge is -2.19. The summed E-state index contributed by atoms with van der Waals surface area (Å²) in [4.78, 5) is 18.9. The van der Waals surface area contributed by atoms with Gasteiger partial charge in [-0.25, -0.2) is 4.98 Å². The van der Waals surface area contributed by atoms with Gasteiger partial charge in [0.05, 0.1) is 18.5 Å². The molecule has 2 aromatic heterocycles. The van der Waals surface area contributed by atoms with E-state index in [1.54, 1.807) is 23.0 Å². The van der Waals surface area contributed by atoms with Crippen LogP contribution < -0.4 is 5.56 Å². The van der Waals surface area contributed by atoms with E-state index in [-0.39, 0.29) is 16.9 Å². The van der Waals surface area contributed by atoms with E-state index in [0.29, 0.717) is 18.5 Å². The van der Waals surface area contributed by atoms with Crippen molar-refractivity contribution in [1.29, 1.82) is 0 Å². The van der Waals surface area contributed by atoms with Crippen molar-refractivity contribution in [2.24, 2.45) is 0 Å². The van der Waals surface area contributed by atoms with Gasteiger partial charge in [0.1, 0.15) is 10.7 Å². The van der Waals surface area contributed by atoms with Crippen molar-refractivity contribution in [3.8, 4) is 11.1 Å². The van der Waals surface area contributed by atoms with Gasteiger partial charge in [-0.05, 0) is 16.5 Å². The van der Waals surface area contributed by atoms with E-state index in [1.807, 2.05) is 0 Å². The number of hydrogen-bond donors (Lipinski definition) is 0. The summed E-state index contributed by atoms with van der Waals surface area (Å²) in [6, 6.07) is 8.52.